The first-order valence-corrected chi connectivity index (χ1v) is 15.3. The molecule has 0 bridgehead atoms. The number of rotatable bonds is 8. The lowest BCUT2D eigenvalue weighted by atomic mass is 9.99. The molecule has 0 saturated carbocycles. The zero-order valence-corrected chi connectivity index (χ0v) is 25.4. The summed E-state index contributed by atoms with van der Waals surface area (Å²) < 4.78 is 61.2. The van der Waals surface area contributed by atoms with Crippen LogP contribution in [0.1, 0.15) is 45.3 Å². The first-order chi connectivity index (χ1) is 22.0. The summed E-state index contributed by atoms with van der Waals surface area (Å²) in [6.45, 7) is 2.66. The molecule has 2 aromatic heterocycles. The highest BCUT2D eigenvalue weighted by Crippen LogP contribution is 2.37. The van der Waals surface area contributed by atoms with Gasteiger partial charge in [0.05, 0.1) is 6.42 Å². The minimum atomic E-state index is -4.88. The molecule has 1 unspecified atom stereocenters. The number of anilines is 2. The van der Waals surface area contributed by atoms with Crippen molar-refractivity contribution < 1.29 is 31.6 Å². The van der Waals surface area contributed by atoms with E-state index in [0.29, 0.717) is 67.7 Å². The van der Waals surface area contributed by atoms with E-state index in [1.165, 1.54) is 12.3 Å². The molecule has 2 fully saturated rings. The zero-order valence-electron chi connectivity index (χ0n) is 24.6. The van der Waals surface area contributed by atoms with Gasteiger partial charge in [-0.15, -0.1) is 0 Å². The van der Waals surface area contributed by atoms with Crippen LogP contribution in [0.2, 0.25) is 5.02 Å². The van der Waals surface area contributed by atoms with Crippen molar-refractivity contribution in [2.45, 2.75) is 31.4 Å². The van der Waals surface area contributed by atoms with E-state index >= 15 is 0 Å². The average Bonchev–Trinajstić information content (AvgIpc) is 3.71. The molecule has 1 amide bonds. The third-order valence-electron chi connectivity index (χ3n) is 8.35. The number of carbonyl (C=O) groups is 2. The molecule has 46 heavy (non-hydrogen) atoms. The fourth-order valence-corrected chi connectivity index (χ4v) is 6.07. The molecule has 1 atom stereocenters. The number of alkyl halides is 3. The Balaban J connectivity index is 1.07. The predicted molar refractivity (Wildman–Crippen MR) is 164 cm³/mol. The van der Waals surface area contributed by atoms with Gasteiger partial charge >= 0.3 is 6.18 Å². The fraction of sp³-hybridized carbons (Fsp3) is 0.333. The van der Waals surface area contributed by atoms with E-state index in [1.807, 2.05) is 23.1 Å². The molecule has 240 valence electrons. The number of amides is 1. The first-order valence-electron chi connectivity index (χ1n) is 14.9. The maximum Gasteiger partial charge on any atom is 0.437 e. The van der Waals surface area contributed by atoms with Gasteiger partial charge in [-0.25, -0.2) is 9.37 Å². The Labute approximate surface area is 267 Å². The molecule has 2 aromatic carbocycles. The van der Waals surface area contributed by atoms with Crippen molar-refractivity contribution in [1.29, 1.82) is 0 Å². The Kier molecular flexibility index (Phi) is 8.99. The van der Waals surface area contributed by atoms with Gasteiger partial charge in [0.1, 0.15) is 11.6 Å². The van der Waals surface area contributed by atoms with Crippen LogP contribution in [-0.2, 0) is 23.8 Å². The summed E-state index contributed by atoms with van der Waals surface area (Å²) in [6, 6.07) is 16.6. The van der Waals surface area contributed by atoms with Gasteiger partial charge < -0.3 is 19.1 Å². The average molecular weight is 656 g/mol. The third kappa shape index (κ3) is 7.01. The summed E-state index contributed by atoms with van der Waals surface area (Å²) in [7, 11) is 0. The maximum atomic E-state index is 14.0. The number of ketones is 1. The van der Waals surface area contributed by atoms with Crippen LogP contribution in [0.25, 0.3) is 0 Å². The van der Waals surface area contributed by atoms with Crippen molar-refractivity contribution in [3.05, 3.63) is 106 Å². The SMILES string of the molecule is O=C(Cc1ccc(N2CCN(C(=O)Cc3ccccc3F)CC2)nc1)c1oc(N2CCC(c3cccc(Cl)c3)C2)nc1C(F)(F)F. The van der Waals surface area contributed by atoms with Crippen LogP contribution in [-0.4, -0.2) is 65.8 Å². The number of Topliss-reactive ketones (excluding diaryl/α,β-unsaturated/α-hetero) is 1. The van der Waals surface area contributed by atoms with Gasteiger partial charge in [0, 0.05) is 62.8 Å². The van der Waals surface area contributed by atoms with Crippen molar-refractivity contribution >= 4 is 35.1 Å². The number of aromatic nitrogens is 2. The molecule has 2 aliphatic heterocycles. The number of nitrogens with zero attached hydrogens (tertiary/aromatic N) is 5. The Morgan fingerprint density at radius 1 is 0.935 bits per heavy atom. The molecule has 0 aliphatic carbocycles. The molecule has 13 heteroatoms. The highest BCUT2D eigenvalue weighted by atomic mass is 35.5. The topological polar surface area (TPSA) is 82.8 Å². The van der Waals surface area contributed by atoms with Crippen molar-refractivity contribution in [1.82, 2.24) is 14.9 Å². The number of oxazole rings is 1. The standard InChI is InChI=1S/C33H30ClF4N5O3/c34-25-6-3-5-22(17-25)24-10-11-43(20-24)32-40-31(33(36,37)38)30(46-32)27(44)16-21-8-9-28(39-19-21)41-12-14-42(15-13-41)29(45)18-23-4-1-2-7-26(23)35/h1-9,17,19,24H,10-16,18,20H2. The van der Waals surface area contributed by atoms with Crippen LogP contribution in [0.4, 0.5) is 29.4 Å². The second-order valence-corrected chi connectivity index (χ2v) is 11.9. The number of hydrogen-bond acceptors (Lipinski definition) is 7. The van der Waals surface area contributed by atoms with Crippen LogP contribution in [0.5, 0.6) is 0 Å². The second kappa shape index (κ2) is 13.1. The molecule has 8 nitrogen and oxygen atoms in total. The lowest BCUT2D eigenvalue weighted by molar-refractivity contribution is -0.141. The normalized spacial score (nSPS) is 17.1. The number of benzene rings is 2. The quantitative estimate of drug-likeness (QED) is 0.165. The first kappa shape index (κ1) is 31.5. The molecule has 0 N–H and O–H groups in total. The van der Waals surface area contributed by atoms with Gasteiger partial charge in [0.25, 0.3) is 6.01 Å². The molecule has 0 spiro atoms. The van der Waals surface area contributed by atoms with Crippen LogP contribution >= 0.6 is 11.6 Å². The number of hydrogen-bond donors (Lipinski definition) is 0. The summed E-state index contributed by atoms with van der Waals surface area (Å²) in [5.74, 6) is -1.61. The van der Waals surface area contributed by atoms with E-state index in [9.17, 15) is 27.2 Å². The zero-order chi connectivity index (χ0) is 32.4. The molecular weight excluding hydrogens is 626 g/mol. The van der Waals surface area contributed by atoms with E-state index in [-0.39, 0.29) is 30.7 Å². The molecule has 2 aliphatic rings. The van der Waals surface area contributed by atoms with Crippen molar-refractivity contribution in [3.8, 4) is 0 Å². The molecule has 0 radical (unpaired) electrons. The highest BCUT2D eigenvalue weighted by Gasteiger charge is 2.42. The van der Waals surface area contributed by atoms with Crippen molar-refractivity contribution in [2.24, 2.45) is 0 Å². The number of piperazine rings is 1. The van der Waals surface area contributed by atoms with Gasteiger partial charge in [0.15, 0.2) is 5.69 Å². The molecule has 4 heterocycles. The Hall–Kier alpha value is -4.45. The van der Waals surface area contributed by atoms with Crippen molar-refractivity contribution in [3.63, 3.8) is 0 Å². The van der Waals surface area contributed by atoms with E-state index in [4.69, 9.17) is 16.0 Å². The summed E-state index contributed by atoms with van der Waals surface area (Å²) >= 11 is 6.11. The Morgan fingerprint density at radius 2 is 1.72 bits per heavy atom. The summed E-state index contributed by atoms with van der Waals surface area (Å²) in [4.78, 5) is 39.2. The van der Waals surface area contributed by atoms with E-state index in [1.54, 1.807) is 46.2 Å². The smallest absolute Gasteiger partial charge is 0.420 e. The number of halogens is 5. The van der Waals surface area contributed by atoms with Gasteiger partial charge in [0.2, 0.25) is 17.5 Å². The highest BCUT2D eigenvalue weighted by molar-refractivity contribution is 6.30. The van der Waals surface area contributed by atoms with Crippen LogP contribution in [0, 0.1) is 5.82 Å². The molecular formula is C33H30ClF4N5O3. The number of carbonyl (C=O) groups excluding carboxylic acids is 2. The van der Waals surface area contributed by atoms with Crippen LogP contribution in [0.15, 0.2) is 71.3 Å². The Morgan fingerprint density at radius 3 is 2.41 bits per heavy atom. The van der Waals surface area contributed by atoms with Gasteiger partial charge in [-0.3, -0.25) is 9.59 Å². The molecule has 2 saturated heterocycles. The minimum Gasteiger partial charge on any atom is -0.420 e. The minimum absolute atomic E-state index is 0.0159. The van der Waals surface area contributed by atoms with Crippen LogP contribution in [0.3, 0.4) is 0 Å². The summed E-state index contributed by atoms with van der Waals surface area (Å²) in [5, 5.41) is 0.578. The molecule has 6 rings (SSSR count). The maximum absolute atomic E-state index is 14.0. The van der Waals surface area contributed by atoms with E-state index in [2.05, 4.69) is 9.97 Å². The summed E-state index contributed by atoms with van der Waals surface area (Å²) in [5.41, 5.74) is 0.399. The van der Waals surface area contributed by atoms with Crippen molar-refractivity contribution in [2.75, 3.05) is 49.1 Å². The van der Waals surface area contributed by atoms with E-state index in [0.717, 1.165) is 5.56 Å². The van der Waals surface area contributed by atoms with Gasteiger partial charge in [-0.2, -0.15) is 18.2 Å². The van der Waals surface area contributed by atoms with Gasteiger partial charge in [-0.1, -0.05) is 48.0 Å². The monoisotopic (exact) mass is 655 g/mol. The predicted octanol–water partition coefficient (Wildman–Crippen LogP) is 6.19. The number of pyridine rings is 1. The fourth-order valence-electron chi connectivity index (χ4n) is 5.87. The lowest BCUT2D eigenvalue weighted by Crippen LogP contribution is -2.49. The Bertz CT molecular complexity index is 1720. The van der Waals surface area contributed by atoms with E-state index < -0.39 is 29.2 Å². The second-order valence-electron chi connectivity index (χ2n) is 11.4. The molecule has 4 aromatic rings. The summed E-state index contributed by atoms with van der Waals surface area (Å²) in [6.07, 6.45) is -3.12. The van der Waals surface area contributed by atoms with Gasteiger partial charge in [-0.05, 0) is 47.4 Å². The third-order valence-corrected chi connectivity index (χ3v) is 8.58. The lowest BCUT2D eigenvalue weighted by Gasteiger charge is -2.35. The van der Waals surface area contributed by atoms with Crippen LogP contribution < -0.4 is 9.80 Å². The largest absolute Gasteiger partial charge is 0.437 e.